The number of amides is 1. The number of hydrogen-bond acceptors (Lipinski definition) is 3. The van der Waals surface area contributed by atoms with E-state index in [-0.39, 0.29) is 5.91 Å². The Hall–Kier alpha value is -3.02. The number of carbonyl (C=O) groups is 1. The van der Waals surface area contributed by atoms with E-state index in [2.05, 4.69) is 15.5 Å². The van der Waals surface area contributed by atoms with E-state index < -0.39 is 0 Å². The molecule has 0 bridgehead atoms. The molecular weight excluding hydrogens is 352 g/mol. The average Bonchev–Trinajstić information content (AvgIpc) is 2.77. The van der Waals surface area contributed by atoms with E-state index in [9.17, 15) is 4.79 Å². The maximum absolute atomic E-state index is 12.3. The standard InChI is InChI=1S/C22H28N4O2/c1-28-20-12-10-18(11-13-20)21(27)23-14-15-24-22(26-16-6-3-7-17-26)25-19-8-4-2-5-9-19/h2,4-5,8-13H,3,6-7,14-17H2,1H3,(H,23,27)(H,24,25). The molecule has 0 atom stereocenters. The zero-order chi connectivity index (χ0) is 19.6. The molecule has 2 aromatic carbocycles. The summed E-state index contributed by atoms with van der Waals surface area (Å²) in [5.74, 6) is 1.51. The number of benzene rings is 2. The van der Waals surface area contributed by atoms with Crippen LogP contribution in [0.2, 0.25) is 0 Å². The molecule has 148 valence electrons. The van der Waals surface area contributed by atoms with Crippen molar-refractivity contribution in [3.05, 3.63) is 60.2 Å². The lowest BCUT2D eigenvalue weighted by molar-refractivity contribution is 0.0954. The lowest BCUT2D eigenvalue weighted by Gasteiger charge is -2.30. The molecule has 6 heteroatoms. The first-order valence-electron chi connectivity index (χ1n) is 9.80. The van der Waals surface area contributed by atoms with Crippen LogP contribution in [0.5, 0.6) is 5.75 Å². The molecule has 0 aliphatic carbocycles. The lowest BCUT2D eigenvalue weighted by atomic mass is 10.1. The van der Waals surface area contributed by atoms with Crippen molar-refractivity contribution in [2.75, 3.05) is 38.6 Å². The maximum atomic E-state index is 12.3. The first-order chi connectivity index (χ1) is 13.8. The van der Waals surface area contributed by atoms with E-state index in [1.165, 1.54) is 19.3 Å². The molecule has 0 spiro atoms. The molecule has 1 aliphatic heterocycles. The Kier molecular flexibility index (Phi) is 7.29. The smallest absolute Gasteiger partial charge is 0.251 e. The van der Waals surface area contributed by atoms with Gasteiger partial charge in [-0.05, 0) is 55.7 Å². The number of nitrogens with zero attached hydrogens (tertiary/aromatic N) is 2. The summed E-state index contributed by atoms with van der Waals surface area (Å²) in [6, 6.07) is 17.2. The van der Waals surface area contributed by atoms with Gasteiger partial charge in [-0.25, -0.2) is 0 Å². The Bertz CT molecular complexity index is 769. The number of carbonyl (C=O) groups excluding carboxylic acids is 1. The van der Waals surface area contributed by atoms with Crippen molar-refractivity contribution in [1.82, 2.24) is 10.2 Å². The molecule has 1 saturated heterocycles. The highest BCUT2D eigenvalue weighted by molar-refractivity contribution is 5.95. The largest absolute Gasteiger partial charge is 0.497 e. The minimum atomic E-state index is -0.103. The van der Waals surface area contributed by atoms with Gasteiger partial charge in [0, 0.05) is 30.9 Å². The van der Waals surface area contributed by atoms with Crippen molar-refractivity contribution in [3.8, 4) is 5.75 Å². The van der Waals surface area contributed by atoms with Crippen LogP contribution in [0.1, 0.15) is 29.6 Å². The number of nitrogens with one attached hydrogen (secondary N) is 2. The average molecular weight is 380 g/mol. The van der Waals surface area contributed by atoms with E-state index in [0.29, 0.717) is 18.7 Å². The summed E-state index contributed by atoms with van der Waals surface area (Å²) in [6.45, 7) is 3.03. The fourth-order valence-electron chi connectivity index (χ4n) is 3.15. The molecular formula is C22H28N4O2. The quantitative estimate of drug-likeness (QED) is 0.458. The van der Waals surface area contributed by atoms with Crippen molar-refractivity contribution in [2.45, 2.75) is 19.3 Å². The van der Waals surface area contributed by atoms with Gasteiger partial charge in [-0.15, -0.1) is 0 Å². The minimum Gasteiger partial charge on any atom is -0.497 e. The molecule has 0 unspecified atom stereocenters. The first-order valence-corrected chi connectivity index (χ1v) is 9.80. The molecule has 1 fully saturated rings. The molecule has 1 heterocycles. The van der Waals surface area contributed by atoms with Crippen molar-refractivity contribution < 1.29 is 9.53 Å². The van der Waals surface area contributed by atoms with E-state index in [0.717, 1.165) is 30.5 Å². The highest BCUT2D eigenvalue weighted by Gasteiger charge is 2.15. The third-order valence-electron chi connectivity index (χ3n) is 4.70. The fourth-order valence-corrected chi connectivity index (χ4v) is 3.15. The van der Waals surface area contributed by atoms with Crippen LogP contribution in [-0.2, 0) is 0 Å². The number of hydrogen-bond donors (Lipinski definition) is 2. The van der Waals surface area contributed by atoms with Crippen LogP contribution >= 0.6 is 0 Å². The topological polar surface area (TPSA) is 66.0 Å². The molecule has 1 amide bonds. The van der Waals surface area contributed by atoms with Gasteiger partial charge in [-0.3, -0.25) is 9.79 Å². The maximum Gasteiger partial charge on any atom is 0.251 e. The number of aliphatic imine (C=N–C) groups is 1. The monoisotopic (exact) mass is 380 g/mol. The normalized spacial score (nSPS) is 14.5. The van der Waals surface area contributed by atoms with Crippen molar-refractivity contribution >= 4 is 17.6 Å². The first kappa shape index (κ1) is 19.7. The summed E-state index contributed by atoms with van der Waals surface area (Å²) in [7, 11) is 1.61. The van der Waals surface area contributed by atoms with E-state index >= 15 is 0 Å². The third kappa shape index (κ3) is 5.74. The highest BCUT2D eigenvalue weighted by Crippen LogP contribution is 2.13. The Morgan fingerprint density at radius 2 is 1.75 bits per heavy atom. The molecule has 0 radical (unpaired) electrons. The predicted molar refractivity (Wildman–Crippen MR) is 113 cm³/mol. The van der Waals surface area contributed by atoms with E-state index in [1.54, 1.807) is 31.4 Å². The van der Waals surface area contributed by atoms with E-state index in [1.807, 2.05) is 30.3 Å². The number of para-hydroxylation sites is 1. The van der Waals surface area contributed by atoms with Gasteiger partial charge in [0.05, 0.1) is 13.7 Å². The number of piperidine rings is 1. The second kappa shape index (κ2) is 10.3. The SMILES string of the molecule is COc1ccc(C(=O)NCCN=C(Nc2ccccc2)N2CCCCC2)cc1. The van der Waals surface area contributed by atoms with E-state index in [4.69, 9.17) is 9.73 Å². The van der Waals surface area contributed by atoms with Gasteiger partial charge in [0.25, 0.3) is 5.91 Å². The molecule has 1 aliphatic rings. The Balaban J connectivity index is 1.56. The number of guanidine groups is 1. The summed E-state index contributed by atoms with van der Waals surface area (Å²) >= 11 is 0. The zero-order valence-electron chi connectivity index (χ0n) is 16.4. The van der Waals surface area contributed by atoms with Crippen LogP contribution < -0.4 is 15.4 Å². The van der Waals surface area contributed by atoms with Gasteiger partial charge in [0.1, 0.15) is 5.75 Å². The molecule has 0 aromatic heterocycles. The second-order valence-electron chi connectivity index (χ2n) is 6.73. The molecule has 6 nitrogen and oxygen atoms in total. The van der Waals surface area contributed by atoms with Crippen LogP contribution in [0.4, 0.5) is 5.69 Å². The predicted octanol–water partition coefficient (Wildman–Crippen LogP) is 3.38. The number of likely N-dealkylation sites (tertiary alicyclic amines) is 1. The van der Waals surface area contributed by atoms with Gasteiger partial charge in [-0.1, -0.05) is 18.2 Å². The summed E-state index contributed by atoms with van der Waals surface area (Å²) in [5, 5.41) is 6.36. The number of rotatable bonds is 6. The van der Waals surface area contributed by atoms with Gasteiger partial charge in [-0.2, -0.15) is 0 Å². The molecule has 2 N–H and O–H groups in total. The van der Waals surface area contributed by atoms with Crippen LogP contribution in [-0.4, -0.2) is 50.1 Å². The Morgan fingerprint density at radius 3 is 2.43 bits per heavy atom. The lowest BCUT2D eigenvalue weighted by Crippen LogP contribution is -2.40. The van der Waals surface area contributed by atoms with Crippen LogP contribution in [0.3, 0.4) is 0 Å². The summed E-state index contributed by atoms with van der Waals surface area (Å²) in [6.07, 6.45) is 3.64. The van der Waals surface area contributed by atoms with Crippen LogP contribution in [0.15, 0.2) is 59.6 Å². The molecule has 28 heavy (non-hydrogen) atoms. The summed E-state index contributed by atoms with van der Waals surface area (Å²) < 4.78 is 5.12. The molecule has 3 rings (SSSR count). The number of ether oxygens (including phenoxy) is 1. The number of methoxy groups -OCH3 is 1. The summed E-state index contributed by atoms with van der Waals surface area (Å²) in [4.78, 5) is 19.3. The van der Waals surface area contributed by atoms with Crippen molar-refractivity contribution in [3.63, 3.8) is 0 Å². The van der Waals surface area contributed by atoms with Crippen molar-refractivity contribution in [2.24, 2.45) is 4.99 Å². The summed E-state index contributed by atoms with van der Waals surface area (Å²) in [5.41, 5.74) is 1.64. The van der Waals surface area contributed by atoms with Gasteiger partial charge in [0.15, 0.2) is 5.96 Å². The van der Waals surface area contributed by atoms with Crippen molar-refractivity contribution in [1.29, 1.82) is 0 Å². The number of anilines is 1. The fraction of sp³-hybridized carbons (Fsp3) is 0.364. The highest BCUT2D eigenvalue weighted by atomic mass is 16.5. The van der Waals surface area contributed by atoms with Gasteiger partial charge in [0.2, 0.25) is 0 Å². The third-order valence-corrected chi connectivity index (χ3v) is 4.70. The minimum absolute atomic E-state index is 0.103. The Labute approximate surface area is 166 Å². The molecule has 0 saturated carbocycles. The Morgan fingerprint density at radius 1 is 1.04 bits per heavy atom. The molecule has 2 aromatic rings. The van der Waals surface area contributed by atoms with Crippen LogP contribution in [0.25, 0.3) is 0 Å². The second-order valence-corrected chi connectivity index (χ2v) is 6.73. The van der Waals surface area contributed by atoms with Crippen LogP contribution in [0, 0.1) is 0 Å². The zero-order valence-corrected chi connectivity index (χ0v) is 16.4. The van der Waals surface area contributed by atoms with Gasteiger partial charge < -0.3 is 20.3 Å². The van der Waals surface area contributed by atoms with Gasteiger partial charge >= 0.3 is 0 Å².